The van der Waals surface area contributed by atoms with Crippen LogP contribution in [0.3, 0.4) is 0 Å². The molecule has 5 nitrogen and oxygen atoms in total. The highest BCUT2D eigenvalue weighted by Crippen LogP contribution is 2.20. The molecule has 0 bridgehead atoms. The van der Waals surface area contributed by atoms with Crippen LogP contribution in [0.1, 0.15) is 28.8 Å². The number of piperidine rings is 1. The summed E-state index contributed by atoms with van der Waals surface area (Å²) < 4.78 is 0. The third-order valence-electron chi connectivity index (χ3n) is 4.16. The van der Waals surface area contributed by atoms with E-state index >= 15 is 0 Å². The molecule has 4 N–H and O–H groups in total. The Morgan fingerprint density at radius 3 is 2.60 bits per heavy atom. The van der Waals surface area contributed by atoms with Crippen LogP contribution in [0.15, 0.2) is 18.2 Å². The van der Waals surface area contributed by atoms with E-state index < -0.39 is 5.91 Å². The Hall–Kier alpha value is -1.59. The van der Waals surface area contributed by atoms with Crippen LogP contribution >= 0.6 is 0 Å². The summed E-state index contributed by atoms with van der Waals surface area (Å²) in [7, 11) is 4.30. The van der Waals surface area contributed by atoms with Gasteiger partial charge in [0.1, 0.15) is 0 Å². The number of benzene rings is 1. The summed E-state index contributed by atoms with van der Waals surface area (Å²) in [5, 5.41) is 0. The molecular formula is C15H24N4O. The van der Waals surface area contributed by atoms with Gasteiger partial charge in [0, 0.05) is 23.8 Å². The van der Waals surface area contributed by atoms with Crippen molar-refractivity contribution < 1.29 is 4.79 Å². The number of carbonyl (C=O) groups is 1. The van der Waals surface area contributed by atoms with Gasteiger partial charge in [0.2, 0.25) is 5.91 Å². The minimum atomic E-state index is -0.438. The number of nitrogen functional groups attached to an aromatic ring is 1. The number of likely N-dealkylation sites (tertiary alicyclic amines) is 1. The molecule has 0 atom stereocenters. The number of anilines is 1. The molecule has 1 amide bonds. The molecule has 1 aliphatic heterocycles. The second-order valence-electron chi connectivity index (χ2n) is 5.73. The summed E-state index contributed by atoms with van der Waals surface area (Å²) in [5.74, 6) is -0.438. The fourth-order valence-corrected chi connectivity index (χ4v) is 2.73. The highest BCUT2D eigenvalue weighted by molar-refractivity contribution is 5.93. The van der Waals surface area contributed by atoms with E-state index in [0.29, 0.717) is 17.3 Å². The van der Waals surface area contributed by atoms with E-state index in [9.17, 15) is 4.79 Å². The van der Waals surface area contributed by atoms with Crippen LogP contribution in [0.4, 0.5) is 5.69 Å². The zero-order valence-electron chi connectivity index (χ0n) is 12.3. The normalized spacial score (nSPS) is 17.6. The molecule has 0 saturated carbocycles. The Morgan fingerprint density at radius 2 is 2.05 bits per heavy atom. The minimum absolute atomic E-state index is 0.438. The molecule has 1 heterocycles. The number of hydrogen-bond donors (Lipinski definition) is 2. The number of hydrogen-bond acceptors (Lipinski definition) is 4. The van der Waals surface area contributed by atoms with Crippen LogP contribution in [-0.2, 0) is 6.54 Å². The van der Waals surface area contributed by atoms with Crippen molar-refractivity contribution in [3.8, 4) is 0 Å². The van der Waals surface area contributed by atoms with Gasteiger partial charge in [0.25, 0.3) is 0 Å². The first-order chi connectivity index (χ1) is 9.47. The molecular weight excluding hydrogens is 252 g/mol. The predicted molar refractivity (Wildman–Crippen MR) is 81.4 cm³/mol. The van der Waals surface area contributed by atoms with Gasteiger partial charge in [0.05, 0.1) is 0 Å². The van der Waals surface area contributed by atoms with Crippen molar-refractivity contribution in [1.82, 2.24) is 9.80 Å². The second-order valence-corrected chi connectivity index (χ2v) is 5.73. The topological polar surface area (TPSA) is 75.6 Å². The number of nitrogens with two attached hydrogens (primary N) is 2. The van der Waals surface area contributed by atoms with Crippen LogP contribution in [0, 0.1) is 0 Å². The first kappa shape index (κ1) is 14.8. The minimum Gasteiger partial charge on any atom is -0.398 e. The summed E-state index contributed by atoms with van der Waals surface area (Å²) in [6, 6.07) is 5.92. The number of carbonyl (C=O) groups excluding carboxylic acids is 1. The highest BCUT2D eigenvalue weighted by Gasteiger charge is 2.21. The largest absolute Gasteiger partial charge is 0.398 e. The van der Waals surface area contributed by atoms with Gasteiger partial charge in [-0.1, -0.05) is 6.07 Å². The molecule has 1 fully saturated rings. The third kappa shape index (κ3) is 3.49. The van der Waals surface area contributed by atoms with Crippen molar-refractivity contribution in [3.05, 3.63) is 29.3 Å². The maximum atomic E-state index is 11.1. The van der Waals surface area contributed by atoms with Gasteiger partial charge in [-0.05, 0) is 57.7 Å². The lowest BCUT2D eigenvalue weighted by Crippen LogP contribution is -2.41. The average Bonchev–Trinajstić information content (AvgIpc) is 2.41. The summed E-state index contributed by atoms with van der Waals surface area (Å²) in [4.78, 5) is 15.8. The number of primary amides is 1. The van der Waals surface area contributed by atoms with Gasteiger partial charge in [-0.15, -0.1) is 0 Å². The Balaban J connectivity index is 2.00. The molecule has 5 heteroatoms. The van der Waals surface area contributed by atoms with Gasteiger partial charge in [-0.2, -0.15) is 0 Å². The molecule has 2 rings (SSSR count). The molecule has 0 spiro atoms. The molecule has 0 aromatic heterocycles. The molecule has 1 aliphatic rings. The first-order valence-electron chi connectivity index (χ1n) is 7.04. The summed E-state index contributed by atoms with van der Waals surface area (Å²) in [6.45, 7) is 3.09. The van der Waals surface area contributed by atoms with Gasteiger partial charge in [-0.3, -0.25) is 9.69 Å². The van der Waals surface area contributed by atoms with Crippen LogP contribution in [0.5, 0.6) is 0 Å². The fourth-order valence-electron chi connectivity index (χ4n) is 2.73. The Bertz CT molecular complexity index is 481. The zero-order valence-corrected chi connectivity index (χ0v) is 12.3. The Labute approximate surface area is 120 Å². The first-order valence-corrected chi connectivity index (χ1v) is 7.04. The van der Waals surface area contributed by atoms with Gasteiger partial charge in [0.15, 0.2) is 0 Å². The van der Waals surface area contributed by atoms with E-state index in [-0.39, 0.29) is 0 Å². The molecule has 1 aromatic carbocycles. The maximum absolute atomic E-state index is 11.1. The molecule has 0 radical (unpaired) electrons. The third-order valence-corrected chi connectivity index (χ3v) is 4.16. The smallest absolute Gasteiger partial charge is 0.248 e. The molecule has 20 heavy (non-hydrogen) atoms. The Kier molecular flexibility index (Phi) is 4.62. The lowest BCUT2D eigenvalue weighted by atomic mass is 10.0. The van der Waals surface area contributed by atoms with Crippen molar-refractivity contribution in [1.29, 1.82) is 0 Å². The zero-order chi connectivity index (χ0) is 14.7. The summed E-state index contributed by atoms with van der Waals surface area (Å²) >= 11 is 0. The molecule has 1 saturated heterocycles. The number of amides is 1. The molecule has 0 aliphatic carbocycles. The lowest BCUT2D eigenvalue weighted by Gasteiger charge is -2.35. The van der Waals surface area contributed by atoms with Crippen LogP contribution in [-0.4, -0.2) is 48.9 Å². The van der Waals surface area contributed by atoms with Crippen molar-refractivity contribution in [3.63, 3.8) is 0 Å². The predicted octanol–water partition coefficient (Wildman–Crippen LogP) is 0.894. The highest BCUT2D eigenvalue weighted by atomic mass is 16.1. The van der Waals surface area contributed by atoms with E-state index in [0.717, 1.165) is 25.2 Å². The quantitative estimate of drug-likeness (QED) is 0.801. The summed E-state index contributed by atoms with van der Waals surface area (Å²) in [5.41, 5.74) is 13.4. The lowest BCUT2D eigenvalue weighted by molar-refractivity contribution is 0.100. The van der Waals surface area contributed by atoms with Crippen molar-refractivity contribution in [2.75, 3.05) is 32.9 Å². The maximum Gasteiger partial charge on any atom is 0.248 e. The van der Waals surface area contributed by atoms with E-state index in [4.69, 9.17) is 11.5 Å². The molecule has 0 unspecified atom stereocenters. The molecule has 110 valence electrons. The van der Waals surface area contributed by atoms with Gasteiger partial charge in [-0.25, -0.2) is 0 Å². The Morgan fingerprint density at radius 1 is 1.40 bits per heavy atom. The van der Waals surface area contributed by atoms with Crippen LogP contribution in [0.2, 0.25) is 0 Å². The van der Waals surface area contributed by atoms with E-state index in [2.05, 4.69) is 23.9 Å². The van der Waals surface area contributed by atoms with E-state index in [1.807, 2.05) is 6.07 Å². The number of nitrogens with zero attached hydrogens (tertiary/aromatic N) is 2. The SMILES string of the molecule is CN1CCC(N(C)Cc2ccc(C(N)=O)cc2N)CC1. The van der Waals surface area contributed by atoms with Crippen LogP contribution < -0.4 is 11.5 Å². The fraction of sp³-hybridized carbons (Fsp3) is 0.533. The standard InChI is InChI=1S/C15H24N4O/c1-18-7-5-13(6-8-18)19(2)10-12-4-3-11(15(17)20)9-14(12)16/h3-4,9,13H,5-8,10,16H2,1-2H3,(H2,17,20). The van der Waals surface area contributed by atoms with Crippen molar-refractivity contribution in [2.24, 2.45) is 5.73 Å². The van der Waals surface area contributed by atoms with Gasteiger partial charge >= 0.3 is 0 Å². The number of rotatable bonds is 4. The van der Waals surface area contributed by atoms with Gasteiger partial charge < -0.3 is 16.4 Å². The second kappa shape index (κ2) is 6.24. The monoisotopic (exact) mass is 276 g/mol. The van der Waals surface area contributed by atoms with Crippen LogP contribution in [0.25, 0.3) is 0 Å². The summed E-state index contributed by atoms with van der Waals surface area (Å²) in [6.07, 6.45) is 2.37. The van der Waals surface area contributed by atoms with E-state index in [1.165, 1.54) is 12.8 Å². The van der Waals surface area contributed by atoms with E-state index in [1.54, 1.807) is 12.1 Å². The molecule has 1 aromatic rings. The van der Waals surface area contributed by atoms with Crippen molar-refractivity contribution >= 4 is 11.6 Å². The van der Waals surface area contributed by atoms with Crippen molar-refractivity contribution in [2.45, 2.75) is 25.4 Å². The average molecular weight is 276 g/mol.